The summed E-state index contributed by atoms with van der Waals surface area (Å²) in [5.41, 5.74) is 0.414. The summed E-state index contributed by atoms with van der Waals surface area (Å²) in [5, 5.41) is 16.5. The van der Waals surface area contributed by atoms with E-state index in [-0.39, 0.29) is 12.0 Å². The molecule has 8 heteroatoms. The van der Waals surface area contributed by atoms with E-state index in [1.165, 1.54) is 6.20 Å². The van der Waals surface area contributed by atoms with Crippen LogP contribution in [0.2, 0.25) is 5.02 Å². The Bertz CT molecular complexity index is 721. The first-order chi connectivity index (χ1) is 11.2. The van der Waals surface area contributed by atoms with Gasteiger partial charge in [-0.1, -0.05) is 16.8 Å². The monoisotopic (exact) mass is 333 g/mol. The molecule has 1 saturated heterocycles. The summed E-state index contributed by atoms with van der Waals surface area (Å²) < 4.78 is 10.8. The van der Waals surface area contributed by atoms with Crippen LogP contribution >= 0.6 is 11.6 Å². The van der Waals surface area contributed by atoms with Gasteiger partial charge in [0.15, 0.2) is 5.82 Å². The maximum absolute atomic E-state index is 8.90. The Labute approximate surface area is 138 Å². The summed E-state index contributed by atoms with van der Waals surface area (Å²) in [4.78, 5) is 8.57. The number of rotatable bonds is 4. The van der Waals surface area contributed by atoms with Crippen molar-refractivity contribution in [2.75, 3.05) is 18.5 Å². The van der Waals surface area contributed by atoms with E-state index in [0.29, 0.717) is 41.3 Å². The van der Waals surface area contributed by atoms with Crippen LogP contribution in [0.4, 0.5) is 5.82 Å². The fourth-order valence-corrected chi connectivity index (χ4v) is 2.84. The number of nitriles is 1. The van der Waals surface area contributed by atoms with Crippen LogP contribution in [-0.4, -0.2) is 28.3 Å². The van der Waals surface area contributed by atoms with E-state index in [1.54, 1.807) is 13.0 Å². The normalized spacial score (nSPS) is 16.7. The smallest absolute Gasteiger partial charge is 0.249 e. The van der Waals surface area contributed by atoms with E-state index in [1.807, 2.05) is 6.07 Å². The first-order valence-electron chi connectivity index (χ1n) is 7.37. The predicted molar refractivity (Wildman–Crippen MR) is 82.9 cm³/mol. The molecule has 3 rings (SSSR count). The van der Waals surface area contributed by atoms with Crippen LogP contribution in [-0.2, 0) is 4.74 Å². The number of ether oxygens (including phenoxy) is 1. The standard InChI is InChI=1S/C15H16ClN5O2/c1-9-19-15(23-21-9)13(11-2-4-22-5-3-11)20-14-12(16)6-10(7-17)8-18-14/h6,8,11,13H,2-5H2,1H3,(H,18,20)/t13-/m0/s1. The summed E-state index contributed by atoms with van der Waals surface area (Å²) in [7, 11) is 0. The Balaban J connectivity index is 1.88. The average molecular weight is 334 g/mol. The lowest BCUT2D eigenvalue weighted by Gasteiger charge is -2.29. The minimum absolute atomic E-state index is 0.196. The zero-order chi connectivity index (χ0) is 16.2. The molecule has 2 aromatic heterocycles. The van der Waals surface area contributed by atoms with Crippen LogP contribution in [0.15, 0.2) is 16.8 Å². The van der Waals surface area contributed by atoms with Gasteiger partial charge in [0.1, 0.15) is 17.9 Å². The minimum atomic E-state index is -0.196. The number of halogens is 1. The second-order valence-corrected chi connectivity index (χ2v) is 5.83. The highest BCUT2D eigenvalue weighted by molar-refractivity contribution is 6.33. The summed E-state index contributed by atoms with van der Waals surface area (Å²) in [6, 6.07) is 3.40. The minimum Gasteiger partial charge on any atom is -0.381 e. The molecule has 1 aliphatic heterocycles. The summed E-state index contributed by atoms with van der Waals surface area (Å²) in [5.74, 6) is 1.87. The molecular weight excluding hydrogens is 318 g/mol. The second kappa shape index (κ2) is 6.94. The van der Waals surface area contributed by atoms with Gasteiger partial charge < -0.3 is 14.6 Å². The van der Waals surface area contributed by atoms with Gasteiger partial charge in [0, 0.05) is 19.4 Å². The topological polar surface area (TPSA) is 96.9 Å². The highest BCUT2D eigenvalue weighted by Gasteiger charge is 2.30. The lowest BCUT2D eigenvalue weighted by Crippen LogP contribution is -2.27. The fourth-order valence-electron chi connectivity index (χ4n) is 2.62. The largest absolute Gasteiger partial charge is 0.381 e. The Morgan fingerprint density at radius 1 is 1.43 bits per heavy atom. The number of hydrogen-bond acceptors (Lipinski definition) is 7. The van der Waals surface area contributed by atoms with Gasteiger partial charge in [-0.2, -0.15) is 10.2 Å². The highest BCUT2D eigenvalue weighted by Crippen LogP contribution is 2.33. The van der Waals surface area contributed by atoms with Crippen molar-refractivity contribution < 1.29 is 9.26 Å². The first kappa shape index (κ1) is 15.7. The molecule has 3 heterocycles. The van der Waals surface area contributed by atoms with E-state index < -0.39 is 0 Å². The average Bonchev–Trinajstić information content (AvgIpc) is 3.00. The Hall–Kier alpha value is -2.17. The van der Waals surface area contributed by atoms with Gasteiger partial charge in [-0.25, -0.2) is 4.98 Å². The lowest BCUT2D eigenvalue weighted by molar-refractivity contribution is 0.0571. The van der Waals surface area contributed by atoms with Gasteiger partial charge >= 0.3 is 0 Å². The van der Waals surface area contributed by atoms with Crippen molar-refractivity contribution >= 4 is 17.4 Å². The van der Waals surface area contributed by atoms with Crippen LogP contribution in [0, 0.1) is 24.2 Å². The number of aromatic nitrogens is 3. The molecule has 1 atom stereocenters. The van der Waals surface area contributed by atoms with Gasteiger partial charge in [-0.3, -0.25) is 0 Å². The predicted octanol–water partition coefficient (Wildman–Crippen LogP) is 2.88. The van der Waals surface area contributed by atoms with E-state index in [4.69, 9.17) is 26.1 Å². The zero-order valence-electron chi connectivity index (χ0n) is 12.6. The number of pyridine rings is 1. The zero-order valence-corrected chi connectivity index (χ0v) is 13.4. The highest BCUT2D eigenvalue weighted by atomic mass is 35.5. The molecule has 0 bridgehead atoms. The third-order valence-electron chi connectivity index (χ3n) is 3.81. The van der Waals surface area contributed by atoms with Gasteiger partial charge in [0.05, 0.1) is 10.6 Å². The second-order valence-electron chi connectivity index (χ2n) is 5.42. The molecule has 0 spiro atoms. The number of anilines is 1. The SMILES string of the molecule is Cc1noc([C@@H](Nc2ncc(C#N)cc2Cl)C2CCOCC2)n1. The quantitative estimate of drug-likeness (QED) is 0.918. The first-order valence-corrected chi connectivity index (χ1v) is 7.75. The Morgan fingerprint density at radius 2 is 2.22 bits per heavy atom. The Kier molecular flexibility index (Phi) is 4.74. The summed E-state index contributed by atoms with van der Waals surface area (Å²) in [6.07, 6.45) is 3.24. The van der Waals surface area contributed by atoms with E-state index in [2.05, 4.69) is 20.4 Å². The van der Waals surface area contributed by atoms with Crippen LogP contribution in [0.5, 0.6) is 0 Å². The lowest BCUT2D eigenvalue weighted by atomic mass is 9.91. The third kappa shape index (κ3) is 3.60. The molecular formula is C15H16ClN5O2. The number of nitrogens with zero attached hydrogens (tertiary/aromatic N) is 4. The summed E-state index contributed by atoms with van der Waals surface area (Å²) >= 11 is 6.22. The molecule has 0 radical (unpaired) electrons. The van der Waals surface area contributed by atoms with Crippen LogP contribution < -0.4 is 5.32 Å². The van der Waals surface area contributed by atoms with Crippen molar-refractivity contribution in [3.63, 3.8) is 0 Å². The molecule has 1 aliphatic rings. The van der Waals surface area contributed by atoms with Crippen molar-refractivity contribution in [3.8, 4) is 6.07 Å². The number of nitrogens with one attached hydrogen (secondary N) is 1. The van der Waals surface area contributed by atoms with Crippen LogP contribution in [0.3, 0.4) is 0 Å². The number of hydrogen-bond donors (Lipinski definition) is 1. The van der Waals surface area contributed by atoms with Gasteiger partial charge in [-0.15, -0.1) is 0 Å². The van der Waals surface area contributed by atoms with Crippen molar-refractivity contribution in [2.45, 2.75) is 25.8 Å². The molecule has 0 aliphatic carbocycles. The molecule has 23 heavy (non-hydrogen) atoms. The van der Waals surface area contributed by atoms with E-state index in [0.717, 1.165) is 12.8 Å². The van der Waals surface area contributed by atoms with Crippen molar-refractivity contribution in [1.29, 1.82) is 5.26 Å². The molecule has 0 unspecified atom stereocenters. The van der Waals surface area contributed by atoms with Crippen LogP contribution in [0.1, 0.15) is 36.2 Å². The maximum atomic E-state index is 8.90. The van der Waals surface area contributed by atoms with Crippen LogP contribution in [0.25, 0.3) is 0 Å². The number of aryl methyl sites for hydroxylation is 1. The Morgan fingerprint density at radius 3 is 2.83 bits per heavy atom. The van der Waals surface area contributed by atoms with Gasteiger partial charge in [0.2, 0.25) is 5.89 Å². The van der Waals surface area contributed by atoms with Gasteiger partial charge in [-0.05, 0) is 31.7 Å². The molecule has 0 saturated carbocycles. The maximum Gasteiger partial charge on any atom is 0.249 e. The molecule has 0 aromatic carbocycles. The molecule has 0 amide bonds. The molecule has 2 aromatic rings. The molecule has 1 fully saturated rings. The van der Waals surface area contributed by atoms with Crippen molar-refractivity contribution in [1.82, 2.24) is 15.1 Å². The molecule has 1 N–H and O–H groups in total. The van der Waals surface area contributed by atoms with E-state index in [9.17, 15) is 0 Å². The fraction of sp³-hybridized carbons (Fsp3) is 0.467. The molecule has 7 nitrogen and oxygen atoms in total. The van der Waals surface area contributed by atoms with Crippen molar-refractivity contribution in [3.05, 3.63) is 34.6 Å². The third-order valence-corrected chi connectivity index (χ3v) is 4.10. The summed E-state index contributed by atoms with van der Waals surface area (Å²) in [6.45, 7) is 3.18. The molecule has 120 valence electrons. The van der Waals surface area contributed by atoms with Crippen molar-refractivity contribution in [2.24, 2.45) is 5.92 Å². The van der Waals surface area contributed by atoms with Gasteiger partial charge in [0.25, 0.3) is 0 Å². The van der Waals surface area contributed by atoms with E-state index >= 15 is 0 Å².